The molecule has 19 heavy (non-hydrogen) atoms. The van der Waals surface area contributed by atoms with E-state index in [1.807, 2.05) is 12.1 Å². The highest BCUT2D eigenvalue weighted by atomic mass is 16.5. The molecular weight excluding hydrogens is 240 g/mol. The molecule has 0 saturated carbocycles. The van der Waals surface area contributed by atoms with Crippen molar-refractivity contribution in [2.45, 2.75) is 38.8 Å². The molecule has 2 atom stereocenters. The summed E-state index contributed by atoms with van der Waals surface area (Å²) in [5.74, 6) is -0.341. The largest absolute Gasteiger partial charge is 0.465 e. The predicted molar refractivity (Wildman–Crippen MR) is 76.2 cm³/mol. The van der Waals surface area contributed by atoms with E-state index >= 15 is 0 Å². The predicted octanol–water partition coefficient (Wildman–Crippen LogP) is 1.72. The van der Waals surface area contributed by atoms with Crippen LogP contribution in [0.2, 0.25) is 0 Å². The van der Waals surface area contributed by atoms with Gasteiger partial charge in [-0.3, -0.25) is 0 Å². The Morgan fingerprint density at radius 3 is 2.89 bits per heavy atom. The van der Waals surface area contributed by atoms with E-state index in [4.69, 9.17) is 10.5 Å². The number of ether oxygens (including phenoxy) is 1. The molecule has 0 amide bonds. The van der Waals surface area contributed by atoms with Crippen molar-refractivity contribution >= 4 is 11.7 Å². The Morgan fingerprint density at radius 2 is 2.21 bits per heavy atom. The summed E-state index contributed by atoms with van der Waals surface area (Å²) in [4.78, 5) is 14.1. The average molecular weight is 262 g/mol. The van der Waals surface area contributed by atoms with Crippen LogP contribution in [0.5, 0.6) is 0 Å². The molecule has 4 nitrogen and oxygen atoms in total. The molecule has 0 radical (unpaired) electrons. The molecule has 0 aromatic heterocycles. The fraction of sp³-hybridized carbons (Fsp3) is 0.533. The number of nitrogens with two attached hydrogens (primary N) is 1. The van der Waals surface area contributed by atoms with Gasteiger partial charge in [-0.1, -0.05) is 18.2 Å². The van der Waals surface area contributed by atoms with Crippen LogP contribution in [0.25, 0.3) is 0 Å². The zero-order valence-electron chi connectivity index (χ0n) is 11.8. The van der Waals surface area contributed by atoms with Gasteiger partial charge in [-0.15, -0.1) is 0 Å². The van der Waals surface area contributed by atoms with Gasteiger partial charge in [0.1, 0.15) is 5.54 Å². The van der Waals surface area contributed by atoms with Gasteiger partial charge < -0.3 is 15.4 Å². The maximum Gasteiger partial charge on any atom is 0.327 e. The molecule has 0 saturated heterocycles. The van der Waals surface area contributed by atoms with E-state index in [0.717, 1.165) is 6.42 Å². The van der Waals surface area contributed by atoms with Crippen LogP contribution in [0.4, 0.5) is 5.69 Å². The monoisotopic (exact) mass is 262 g/mol. The number of carbonyl (C=O) groups is 1. The third kappa shape index (κ3) is 2.73. The van der Waals surface area contributed by atoms with Crippen LogP contribution in [0, 0.1) is 0 Å². The Labute approximate surface area is 114 Å². The van der Waals surface area contributed by atoms with Gasteiger partial charge in [0.05, 0.1) is 6.61 Å². The molecule has 0 bridgehead atoms. The molecule has 1 aromatic carbocycles. The van der Waals surface area contributed by atoms with Gasteiger partial charge in [-0.05, 0) is 38.8 Å². The fourth-order valence-corrected chi connectivity index (χ4v) is 2.58. The molecule has 2 unspecified atom stereocenters. The normalized spacial score (nSPS) is 20.8. The van der Waals surface area contributed by atoms with Crippen LogP contribution in [-0.4, -0.2) is 30.7 Å². The molecule has 1 aromatic rings. The van der Waals surface area contributed by atoms with E-state index in [0.29, 0.717) is 19.2 Å². The van der Waals surface area contributed by atoms with Gasteiger partial charge in [0.2, 0.25) is 0 Å². The number of hydrogen-bond acceptors (Lipinski definition) is 4. The van der Waals surface area contributed by atoms with Crippen LogP contribution < -0.4 is 10.6 Å². The van der Waals surface area contributed by atoms with Crippen LogP contribution in [0.3, 0.4) is 0 Å². The van der Waals surface area contributed by atoms with E-state index < -0.39 is 5.54 Å². The van der Waals surface area contributed by atoms with E-state index in [9.17, 15) is 4.79 Å². The van der Waals surface area contributed by atoms with Crippen LogP contribution in [-0.2, 0) is 16.0 Å². The molecule has 4 heteroatoms. The van der Waals surface area contributed by atoms with Gasteiger partial charge >= 0.3 is 5.97 Å². The van der Waals surface area contributed by atoms with Crippen molar-refractivity contribution in [3.05, 3.63) is 29.8 Å². The van der Waals surface area contributed by atoms with E-state index in [2.05, 4.69) is 24.0 Å². The molecule has 1 aliphatic heterocycles. The minimum absolute atomic E-state index is 0.341. The molecule has 0 fully saturated rings. The van der Waals surface area contributed by atoms with Gasteiger partial charge in [-0.25, -0.2) is 4.79 Å². The number of hydrogen-bond donors (Lipinski definition) is 1. The van der Waals surface area contributed by atoms with Crippen LogP contribution in [0.15, 0.2) is 24.3 Å². The average Bonchev–Trinajstić information content (AvgIpc) is 2.66. The van der Waals surface area contributed by atoms with Crippen molar-refractivity contribution in [1.82, 2.24) is 0 Å². The van der Waals surface area contributed by atoms with Crippen molar-refractivity contribution in [3.8, 4) is 0 Å². The summed E-state index contributed by atoms with van der Waals surface area (Å²) in [7, 11) is 0. The number of anilines is 1. The molecule has 1 aliphatic rings. The second-order valence-corrected chi connectivity index (χ2v) is 5.45. The first kappa shape index (κ1) is 13.9. The first-order valence-corrected chi connectivity index (χ1v) is 6.76. The maximum atomic E-state index is 11.9. The minimum atomic E-state index is -0.984. The highest BCUT2D eigenvalue weighted by Crippen LogP contribution is 2.32. The Bertz CT molecular complexity index is 471. The van der Waals surface area contributed by atoms with Gasteiger partial charge in [0.25, 0.3) is 0 Å². The zero-order chi connectivity index (χ0) is 14.0. The Kier molecular flexibility index (Phi) is 3.80. The summed E-state index contributed by atoms with van der Waals surface area (Å²) in [5, 5.41) is 0. The van der Waals surface area contributed by atoms with Crippen molar-refractivity contribution in [2.75, 3.05) is 18.1 Å². The number of fused-ring (bicyclic) bond motifs is 1. The maximum absolute atomic E-state index is 11.9. The lowest BCUT2D eigenvalue weighted by Gasteiger charge is -2.32. The SMILES string of the molecule is CCOC(=O)C(C)(N)CN1c2ccccc2CC1C. The number of esters is 1. The van der Waals surface area contributed by atoms with E-state index in [1.54, 1.807) is 13.8 Å². The highest BCUT2D eigenvalue weighted by Gasteiger charge is 2.36. The van der Waals surface area contributed by atoms with Gasteiger partial charge in [-0.2, -0.15) is 0 Å². The van der Waals surface area contributed by atoms with Crippen LogP contribution >= 0.6 is 0 Å². The second kappa shape index (κ2) is 5.21. The summed E-state index contributed by atoms with van der Waals surface area (Å²) in [5.41, 5.74) is 7.64. The van der Waals surface area contributed by atoms with E-state index in [-0.39, 0.29) is 5.97 Å². The Morgan fingerprint density at radius 1 is 1.53 bits per heavy atom. The molecule has 0 spiro atoms. The Hall–Kier alpha value is -1.55. The number of para-hydroxylation sites is 1. The lowest BCUT2D eigenvalue weighted by molar-refractivity contribution is -0.148. The van der Waals surface area contributed by atoms with E-state index in [1.165, 1.54) is 11.3 Å². The van der Waals surface area contributed by atoms with Crippen molar-refractivity contribution in [1.29, 1.82) is 0 Å². The molecule has 1 heterocycles. The van der Waals surface area contributed by atoms with Crippen molar-refractivity contribution < 1.29 is 9.53 Å². The third-order valence-electron chi connectivity index (χ3n) is 3.59. The standard InChI is InChI=1S/C15H22N2O2/c1-4-19-14(18)15(3,16)10-17-11(2)9-12-7-5-6-8-13(12)17/h5-8,11H,4,9-10,16H2,1-3H3. The smallest absolute Gasteiger partial charge is 0.327 e. The number of carbonyl (C=O) groups excluding carboxylic acids is 1. The highest BCUT2D eigenvalue weighted by molar-refractivity contribution is 5.81. The first-order valence-electron chi connectivity index (χ1n) is 6.76. The zero-order valence-corrected chi connectivity index (χ0v) is 11.8. The van der Waals surface area contributed by atoms with Gasteiger partial charge in [0.15, 0.2) is 0 Å². The summed E-state index contributed by atoms with van der Waals surface area (Å²) >= 11 is 0. The first-order chi connectivity index (χ1) is 8.95. The number of benzene rings is 1. The van der Waals surface area contributed by atoms with Crippen molar-refractivity contribution in [3.63, 3.8) is 0 Å². The third-order valence-corrected chi connectivity index (χ3v) is 3.59. The summed E-state index contributed by atoms with van der Waals surface area (Å²) in [6, 6.07) is 8.63. The van der Waals surface area contributed by atoms with Crippen LogP contribution in [0.1, 0.15) is 26.3 Å². The van der Waals surface area contributed by atoms with Gasteiger partial charge in [0, 0.05) is 18.3 Å². The molecular formula is C15H22N2O2. The number of nitrogens with zero attached hydrogens (tertiary/aromatic N) is 1. The quantitative estimate of drug-likeness (QED) is 0.839. The molecule has 0 aliphatic carbocycles. The lowest BCUT2D eigenvalue weighted by Crippen LogP contribution is -2.55. The summed E-state index contributed by atoms with van der Waals surface area (Å²) in [6.45, 7) is 6.52. The molecule has 2 rings (SSSR count). The molecule has 2 N–H and O–H groups in total. The molecule has 104 valence electrons. The topological polar surface area (TPSA) is 55.6 Å². The summed E-state index contributed by atoms with van der Waals surface area (Å²) < 4.78 is 5.05. The van der Waals surface area contributed by atoms with Crippen molar-refractivity contribution in [2.24, 2.45) is 5.73 Å². The fourth-order valence-electron chi connectivity index (χ4n) is 2.58. The summed E-state index contributed by atoms with van der Waals surface area (Å²) in [6.07, 6.45) is 0.995. The minimum Gasteiger partial charge on any atom is -0.465 e. The second-order valence-electron chi connectivity index (χ2n) is 5.45. The lowest BCUT2D eigenvalue weighted by atomic mass is 10.0. The number of rotatable bonds is 4. The Balaban J connectivity index is 2.17.